The highest BCUT2D eigenvalue weighted by atomic mass is 32.2. The molecule has 0 spiro atoms. The predicted octanol–water partition coefficient (Wildman–Crippen LogP) is 2.61. The van der Waals surface area contributed by atoms with Crippen LogP contribution < -0.4 is 24.4 Å². The molecule has 0 saturated heterocycles. The zero-order valence-electron chi connectivity index (χ0n) is 21.5. The van der Waals surface area contributed by atoms with Crippen molar-refractivity contribution in [2.24, 2.45) is 0 Å². The Morgan fingerprint density at radius 3 is 2.38 bits per heavy atom. The van der Waals surface area contributed by atoms with Crippen LogP contribution in [0.5, 0.6) is 11.5 Å². The molecule has 0 aromatic heterocycles. The zero-order valence-corrected chi connectivity index (χ0v) is 22.3. The number of esters is 1. The van der Waals surface area contributed by atoms with Crippen LogP contribution in [0.3, 0.4) is 0 Å². The van der Waals surface area contributed by atoms with Gasteiger partial charge in [-0.05, 0) is 66.7 Å². The highest BCUT2D eigenvalue weighted by Gasteiger charge is 2.22. The van der Waals surface area contributed by atoms with E-state index in [0.717, 1.165) is 4.31 Å². The number of hydrogen-bond donors (Lipinski definition) is 2. The molecule has 0 atom stereocenters. The van der Waals surface area contributed by atoms with Gasteiger partial charge in [0, 0.05) is 25.2 Å². The van der Waals surface area contributed by atoms with Crippen LogP contribution in [0.2, 0.25) is 0 Å². The zero-order chi connectivity index (χ0) is 28.9. The Morgan fingerprint density at radius 1 is 1.00 bits per heavy atom. The lowest BCUT2D eigenvalue weighted by atomic mass is 10.1. The van der Waals surface area contributed by atoms with Gasteiger partial charge in [-0.2, -0.15) is 0 Å². The van der Waals surface area contributed by atoms with Crippen LogP contribution in [0.1, 0.15) is 17.3 Å². The van der Waals surface area contributed by atoms with Gasteiger partial charge in [0.05, 0.1) is 16.3 Å². The second kappa shape index (κ2) is 11.9. The Labute approximate surface area is 229 Å². The Hall–Kier alpha value is -4.91. The maximum absolute atomic E-state index is 13.0. The van der Waals surface area contributed by atoms with Crippen molar-refractivity contribution in [3.05, 3.63) is 72.3 Å². The fourth-order valence-corrected chi connectivity index (χ4v) is 4.83. The number of carbonyl (C=O) groups is 4. The highest BCUT2D eigenvalue weighted by Crippen LogP contribution is 2.29. The van der Waals surface area contributed by atoms with E-state index in [1.165, 1.54) is 74.6 Å². The number of amides is 2. The van der Waals surface area contributed by atoms with E-state index in [1.54, 1.807) is 6.07 Å². The number of ether oxygens (including phenoxy) is 3. The molecule has 0 bridgehead atoms. The van der Waals surface area contributed by atoms with Gasteiger partial charge in [0.2, 0.25) is 5.91 Å². The first-order valence-corrected chi connectivity index (χ1v) is 13.3. The number of carbonyl (C=O) groups excluding carboxylic acids is 4. The smallest absolute Gasteiger partial charge is 0.344 e. The molecule has 0 fully saturated rings. The number of anilines is 3. The Balaban J connectivity index is 1.28. The summed E-state index contributed by atoms with van der Waals surface area (Å²) in [5.74, 6) is -1.15. The van der Waals surface area contributed by atoms with Gasteiger partial charge in [-0.15, -0.1) is 0 Å². The summed E-state index contributed by atoms with van der Waals surface area (Å²) in [4.78, 5) is 47.1. The lowest BCUT2D eigenvalue weighted by molar-refractivity contribution is -0.144. The number of Topliss-reactive ketones (excluding diaryl/α,β-unsaturated/α-hetero) is 1. The summed E-state index contributed by atoms with van der Waals surface area (Å²) in [6.07, 6.45) is 0. The van der Waals surface area contributed by atoms with E-state index in [9.17, 15) is 27.6 Å². The van der Waals surface area contributed by atoms with Gasteiger partial charge in [0.15, 0.2) is 25.6 Å². The van der Waals surface area contributed by atoms with E-state index in [4.69, 9.17) is 14.2 Å². The van der Waals surface area contributed by atoms with Crippen molar-refractivity contribution in [1.82, 2.24) is 0 Å². The quantitative estimate of drug-likeness (QED) is 0.278. The largest absolute Gasteiger partial charge is 0.482 e. The van der Waals surface area contributed by atoms with Crippen molar-refractivity contribution in [2.75, 3.05) is 41.8 Å². The third-order valence-electron chi connectivity index (χ3n) is 5.69. The minimum atomic E-state index is -3.88. The molecule has 40 heavy (non-hydrogen) atoms. The number of fused-ring (bicyclic) bond motifs is 1. The normalized spacial score (nSPS) is 12.3. The maximum atomic E-state index is 13.0. The standard InChI is InChI=1S/C27H25N3O9S/c1-17(31)28-19-4-10-22(11-5-19)40(35,36)30(2)20-6-8-21(9-7-20)37-16-27(34)39-14-24(32)18-3-12-25-23(13-18)29-26(33)15-38-25/h3-13H,14-16H2,1-2H3,(H,28,31)(H,29,33). The van der Waals surface area contributed by atoms with E-state index in [0.29, 0.717) is 22.8 Å². The van der Waals surface area contributed by atoms with Crippen LogP contribution in [-0.4, -0.2) is 58.9 Å². The van der Waals surface area contributed by atoms with Crippen molar-refractivity contribution >= 4 is 50.7 Å². The summed E-state index contributed by atoms with van der Waals surface area (Å²) >= 11 is 0. The average Bonchev–Trinajstić information content (AvgIpc) is 2.94. The number of rotatable bonds is 10. The summed E-state index contributed by atoms with van der Waals surface area (Å²) in [7, 11) is -2.48. The molecule has 2 N–H and O–H groups in total. The molecule has 208 valence electrons. The van der Waals surface area contributed by atoms with Gasteiger partial charge in [-0.3, -0.25) is 18.7 Å². The number of ketones is 1. The van der Waals surface area contributed by atoms with E-state index < -0.39 is 35.0 Å². The molecular formula is C27H25N3O9S. The average molecular weight is 568 g/mol. The van der Waals surface area contributed by atoms with E-state index >= 15 is 0 Å². The monoisotopic (exact) mass is 567 g/mol. The van der Waals surface area contributed by atoms with Crippen LogP contribution in [-0.2, 0) is 29.1 Å². The Morgan fingerprint density at radius 2 is 1.70 bits per heavy atom. The summed E-state index contributed by atoms with van der Waals surface area (Å²) in [6.45, 7) is 0.248. The lowest BCUT2D eigenvalue weighted by Gasteiger charge is -2.20. The molecule has 4 rings (SSSR count). The van der Waals surface area contributed by atoms with E-state index in [-0.39, 0.29) is 34.6 Å². The first kappa shape index (κ1) is 28.1. The van der Waals surface area contributed by atoms with Gasteiger partial charge in [0.25, 0.3) is 15.9 Å². The SMILES string of the molecule is CC(=O)Nc1ccc(S(=O)(=O)N(C)c2ccc(OCC(=O)OCC(=O)c3ccc4c(c3)NC(=O)CO4)cc2)cc1. The summed E-state index contributed by atoms with van der Waals surface area (Å²) in [6, 6.07) is 16.3. The van der Waals surface area contributed by atoms with Crippen molar-refractivity contribution in [3.8, 4) is 11.5 Å². The first-order chi connectivity index (χ1) is 19.0. The summed E-state index contributed by atoms with van der Waals surface area (Å²) in [5.41, 5.74) is 1.41. The third kappa shape index (κ3) is 6.74. The predicted molar refractivity (Wildman–Crippen MR) is 144 cm³/mol. The molecule has 1 aliphatic rings. The number of sulfonamides is 1. The molecule has 13 heteroatoms. The van der Waals surface area contributed by atoms with Gasteiger partial charge >= 0.3 is 5.97 Å². The molecule has 1 aliphatic heterocycles. The second-order valence-electron chi connectivity index (χ2n) is 8.59. The molecule has 1 heterocycles. The fraction of sp³-hybridized carbons (Fsp3) is 0.185. The minimum absolute atomic E-state index is 0.0372. The van der Waals surface area contributed by atoms with E-state index in [2.05, 4.69) is 10.6 Å². The van der Waals surface area contributed by atoms with Crippen LogP contribution in [0.15, 0.2) is 71.6 Å². The lowest BCUT2D eigenvalue weighted by Crippen LogP contribution is -2.26. The Bertz CT molecular complexity index is 1550. The molecule has 3 aromatic rings. The second-order valence-corrected chi connectivity index (χ2v) is 10.6. The number of benzene rings is 3. The summed E-state index contributed by atoms with van der Waals surface area (Å²) in [5, 5.41) is 5.18. The van der Waals surface area contributed by atoms with Crippen LogP contribution >= 0.6 is 0 Å². The van der Waals surface area contributed by atoms with Gasteiger partial charge < -0.3 is 24.8 Å². The van der Waals surface area contributed by atoms with Gasteiger partial charge in [0.1, 0.15) is 11.5 Å². The topological polar surface area (TPSA) is 157 Å². The van der Waals surface area contributed by atoms with Crippen molar-refractivity contribution in [1.29, 1.82) is 0 Å². The fourth-order valence-electron chi connectivity index (χ4n) is 3.63. The molecule has 0 unspecified atom stereocenters. The van der Waals surface area contributed by atoms with Gasteiger partial charge in [-0.25, -0.2) is 13.2 Å². The van der Waals surface area contributed by atoms with Crippen LogP contribution in [0.4, 0.5) is 17.1 Å². The van der Waals surface area contributed by atoms with Crippen molar-refractivity contribution in [3.63, 3.8) is 0 Å². The van der Waals surface area contributed by atoms with Crippen molar-refractivity contribution < 1.29 is 41.8 Å². The molecule has 0 radical (unpaired) electrons. The van der Waals surface area contributed by atoms with E-state index in [1.807, 2.05) is 0 Å². The minimum Gasteiger partial charge on any atom is -0.482 e. The molecular weight excluding hydrogens is 542 g/mol. The highest BCUT2D eigenvalue weighted by molar-refractivity contribution is 7.92. The molecule has 2 amide bonds. The Kier molecular flexibility index (Phi) is 8.34. The number of hydrogen-bond acceptors (Lipinski definition) is 9. The molecule has 0 saturated carbocycles. The first-order valence-electron chi connectivity index (χ1n) is 11.9. The van der Waals surface area contributed by atoms with Gasteiger partial charge in [-0.1, -0.05) is 0 Å². The maximum Gasteiger partial charge on any atom is 0.344 e. The van der Waals surface area contributed by atoms with Crippen molar-refractivity contribution in [2.45, 2.75) is 11.8 Å². The molecule has 0 aliphatic carbocycles. The number of nitrogens with one attached hydrogen (secondary N) is 2. The number of nitrogens with zero attached hydrogens (tertiary/aromatic N) is 1. The van der Waals surface area contributed by atoms with Crippen LogP contribution in [0.25, 0.3) is 0 Å². The van der Waals surface area contributed by atoms with Crippen LogP contribution in [0, 0.1) is 0 Å². The molecule has 12 nitrogen and oxygen atoms in total. The molecule has 3 aromatic carbocycles. The third-order valence-corrected chi connectivity index (χ3v) is 7.49. The summed E-state index contributed by atoms with van der Waals surface area (Å²) < 4.78 is 42.7.